The second kappa shape index (κ2) is 4.17. The van der Waals surface area contributed by atoms with Gasteiger partial charge in [-0.05, 0) is 0 Å². The van der Waals surface area contributed by atoms with Gasteiger partial charge in [-0.25, -0.2) is 0 Å². The summed E-state index contributed by atoms with van der Waals surface area (Å²) in [6.07, 6.45) is 1.39. The molecule has 5 N–H and O–H groups in total. The molecule has 18 heavy (non-hydrogen) atoms. The van der Waals surface area contributed by atoms with Crippen LogP contribution < -0.4 is 11.1 Å². The Balaban J connectivity index is 2.13. The van der Waals surface area contributed by atoms with Crippen molar-refractivity contribution < 1.29 is 4.79 Å². The fourth-order valence-electron chi connectivity index (χ4n) is 1.43. The minimum absolute atomic E-state index is 0.0526. The van der Waals surface area contributed by atoms with E-state index >= 15 is 0 Å². The summed E-state index contributed by atoms with van der Waals surface area (Å²) < 4.78 is 0. The average Bonchev–Trinajstić information content (AvgIpc) is 2.85. The zero-order valence-corrected chi connectivity index (χ0v) is 10.5. The van der Waals surface area contributed by atoms with E-state index in [4.69, 9.17) is 5.73 Å². The van der Waals surface area contributed by atoms with Crippen LogP contribution in [-0.2, 0) is 5.41 Å². The molecular formula is C11H16N6O. The summed E-state index contributed by atoms with van der Waals surface area (Å²) >= 11 is 0. The molecule has 1 amide bonds. The maximum absolute atomic E-state index is 11.8. The molecule has 0 aromatic carbocycles. The molecule has 2 aromatic rings. The molecule has 0 atom stereocenters. The molecule has 96 valence electrons. The topological polar surface area (TPSA) is 112 Å². The number of aromatic nitrogens is 4. The molecular weight excluding hydrogens is 232 g/mol. The van der Waals surface area contributed by atoms with E-state index in [0.717, 1.165) is 5.69 Å². The lowest BCUT2D eigenvalue weighted by Gasteiger charge is -2.14. The van der Waals surface area contributed by atoms with Crippen molar-refractivity contribution in [3.05, 3.63) is 23.7 Å². The number of nitrogens with zero attached hydrogens (tertiary/aromatic N) is 2. The van der Waals surface area contributed by atoms with Crippen molar-refractivity contribution in [2.75, 3.05) is 11.1 Å². The molecule has 0 aliphatic carbocycles. The molecule has 0 spiro atoms. The monoisotopic (exact) mass is 248 g/mol. The number of nitrogens with two attached hydrogens (primary N) is 1. The minimum atomic E-state index is -0.364. The first-order chi connectivity index (χ1) is 8.38. The third-order valence-corrected chi connectivity index (χ3v) is 2.52. The number of amides is 1. The van der Waals surface area contributed by atoms with Crippen LogP contribution in [0.5, 0.6) is 0 Å². The Bertz CT molecular complexity index is 562. The number of nitrogen functional groups attached to an aromatic ring is 1. The molecule has 0 saturated heterocycles. The van der Waals surface area contributed by atoms with Crippen LogP contribution in [0.25, 0.3) is 0 Å². The Morgan fingerprint density at radius 1 is 1.39 bits per heavy atom. The first-order valence-electron chi connectivity index (χ1n) is 5.54. The van der Waals surface area contributed by atoms with E-state index in [0.29, 0.717) is 11.5 Å². The first-order valence-corrected chi connectivity index (χ1v) is 5.54. The van der Waals surface area contributed by atoms with Crippen LogP contribution in [0.15, 0.2) is 12.3 Å². The van der Waals surface area contributed by atoms with Crippen LogP contribution in [0.1, 0.15) is 37.0 Å². The average molecular weight is 248 g/mol. The quantitative estimate of drug-likeness (QED) is 0.640. The van der Waals surface area contributed by atoms with Crippen LogP contribution in [0.3, 0.4) is 0 Å². The van der Waals surface area contributed by atoms with Gasteiger partial charge in [0.05, 0.1) is 11.9 Å². The smallest absolute Gasteiger partial charge is 0.277 e. The fourth-order valence-corrected chi connectivity index (χ4v) is 1.43. The Hall–Kier alpha value is -2.31. The lowest BCUT2D eigenvalue weighted by Crippen LogP contribution is -2.14. The van der Waals surface area contributed by atoms with Crippen molar-refractivity contribution in [3.8, 4) is 0 Å². The summed E-state index contributed by atoms with van der Waals surface area (Å²) in [7, 11) is 0. The molecule has 0 unspecified atom stereocenters. The van der Waals surface area contributed by atoms with Crippen molar-refractivity contribution in [1.82, 2.24) is 20.4 Å². The molecule has 0 saturated carbocycles. The van der Waals surface area contributed by atoms with Gasteiger partial charge in [0.2, 0.25) is 0 Å². The van der Waals surface area contributed by atoms with Gasteiger partial charge in [-0.1, -0.05) is 20.8 Å². The molecule has 0 aliphatic rings. The van der Waals surface area contributed by atoms with Crippen molar-refractivity contribution in [2.45, 2.75) is 26.2 Å². The summed E-state index contributed by atoms with van der Waals surface area (Å²) in [6.45, 7) is 6.16. The summed E-state index contributed by atoms with van der Waals surface area (Å²) in [5.74, 6) is 0.0934. The van der Waals surface area contributed by atoms with E-state index in [-0.39, 0.29) is 17.0 Å². The van der Waals surface area contributed by atoms with Gasteiger partial charge in [-0.2, -0.15) is 10.2 Å². The third-order valence-electron chi connectivity index (χ3n) is 2.52. The Kier molecular flexibility index (Phi) is 2.82. The maximum Gasteiger partial charge on any atom is 0.277 e. The summed E-state index contributed by atoms with van der Waals surface area (Å²) in [5.41, 5.74) is 7.01. The molecule has 2 heterocycles. The molecule has 0 fully saturated rings. The zero-order valence-electron chi connectivity index (χ0n) is 10.5. The van der Waals surface area contributed by atoms with Gasteiger partial charge in [-0.3, -0.25) is 15.0 Å². The number of carbonyl (C=O) groups excluding carboxylic acids is 1. The van der Waals surface area contributed by atoms with Gasteiger partial charge >= 0.3 is 0 Å². The molecule has 2 aromatic heterocycles. The second-order valence-electron chi connectivity index (χ2n) is 5.07. The largest absolute Gasteiger partial charge is 0.396 e. The number of hydrogen-bond donors (Lipinski definition) is 4. The van der Waals surface area contributed by atoms with Gasteiger partial charge < -0.3 is 11.1 Å². The molecule has 7 heteroatoms. The van der Waals surface area contributed by atoms with E-state index in [9.17, 15) is 4.79 Å². The second-order valence-corrected chi connectivity index (χ2v) is 5.07. The highest BCUT2D eigenvalue weighted by Crippen LogP contribution is 2.22. The predicted octanol–water partition coefficient (Wildman–Crippen LogP) is 1.26. The van der Waals surface area contributed by atoms with E-state index in [1.807, 2.05) is 0 Å². The Morgan fingerprint density at radius 2 is 2.11 bits per heavy atom. The maximum atomic E-state index is 11.8. The first kappa shape index (κ1) is 12.2. The molecule has 0 radical (unpaired) electrons. The van der Waals surface area contributed by atoms with Gasteiger partial charge in [0.15, 0.2) is 5.82 Å². The van der Waals surface area contributed by atoms with E-state index in [2.05, 4.69) is 46.5 Å². The van der Waals surface area contributed by atoms with E-state index < -0.39 is 0 Å². The number of carbonyl (C=O) groups is 1. The SMILES string of the molecule is CC(C)(C)c1cc(NC(=O)c2[nH]ncc2N)n[nH]1. The highest BCUT2D eigenvalue weighted by atomic mass is 16.2. The number of anilines is 2. The van der Waals surface area contributed by atoms with E-state index in [1.54, 1.807) is 6.07 Å². The van der Waals surface area contributed by atoms with Crippen molar-refractivity contribution >= 4 is 17.4 Å². The standard InChI is InChI=1S/C11H16N6O/c1-11(2,3)7-4-8(16-15-7)14-10(18)9-6(12)5-13-17-9/h4-5H,12H2,1-3H3,(H,13,17)(H2,14,15,16,18). The number of hydrogen-bond acceptors (Lipinski definition) is 4. The van der Waals surface area contributed by atoms with Crippen molar-refractivity contribution in [3.63, 3.8) is 0 Å². The van der Waals surface area contributed by atoms with Crippen LogP contribution in [0, 0.1) is 0 Å². The lowest BCUT2D eigenvalue weighted by molar-refractivity contribution is 0.102. The van der Waals surface area contributed by atoms with Crippen LogP contribution in [0.4, 0.5) is 11.5 Å². The van der Waals surface area contributed by atoms with Gasteiger partial charge in [0.25, 0.3) is 5.91 Å². The molecule has 2 rings (SSSR count). The van der Waals surface area contributed by atoms with Gasteiger partial charge in [-0.15, -0.1) is 0 Å². The predicted molar refractivity (Wildman–Crippen MR) is 68.2 cm³/mol. The number of rotatable bonds is 2. The lowest BCUT2D eigenvalue weighted by atomic mass is 9.92. The minimum Gasteiger partial charge on any atom is -0.396 e. The van der Waals surface area contributed by atoms with Crippen molar-refractivity contribution in [2.24, 2.45) is 0 Å². The van der Waals surface area contributed by atoms with Gasteiger partial charge in [0.1, 0.15) is 5.69 Å². The van der Waals surface area contributed by atoms with Crippen LogP contribution >= 0.6 is 0 Å². The van der Waals surface area contributed by atoms with Crippen molar-refractivity contribution in [1.29, 1.82) is 0 Å². The highest BCUT2D eigenvalue weighted by Gasteiger charge is 2.18. The number of aromatic amines is 2. The summed E-state index contributed by atoms with van der Waals surface area (Å²) in [6, 6.07) is 1.80. The number of nitrogens with one attached hydrogen (secondary N) is 3. The van der Waals surface area contributed by atoms with Crippen LogP contribution in [0.2, 0.25) is 0 Å². The molecule has 0 bridgehead atoms. The summed E-state index contributed by atoms with van der Waals surface area (Å²) in [5, 5.41) is 15.8. The van der Waals surface area contributed by atoms with Crippen LogP contribution in [-0.4, -0.2) is 26.3 Å². The van der Waals surface area contributed by atoms with E-state index in [1.165, 1.54) is 6.20 Å². The van der Waals surface area contributed by atoms with Gasteiger partial charge in [0, 0.05) is 17.2 Å². The Labute approximate surface area is 104 Å². The molecule has 0 aliphatic heterocycles. The highest BCUT2D eigenvalue weighted by molar-refractivity contribution is 6.05. The number of H-pyrrole nitrogens is 2. The normalized spacial score (nSPS) is 11.5. The fraction of sp³-hybridized carbons (Fsp3) is 0.364. The Morgan fingerprint density at radius 3 is 2.61 bits per heavy atom. The summed E-state index contributed by atoms with van der Waals surface area (Å²) in [4.78, 5) is 11.8. The molecule has 7 nitrogen and oxygen atoms in total. The third kappa shape index (κ3) is 2.34. The zero-order chi connectivity index (χ0) is 13.3.